The monoisotopic (exact) mass is 386 g/mol. The number of piperidine rings is 1. The summed E-state index contributed by atoms with van der Waals surface area (Å²) in [5.74, 6) is -0.271. The van der Waals surface area contributed by atoms with Crippen LogP contribution >= 0.6 is 12.4 Å². The minimum Gasteiger partial charge on any atom is -0.369 e. The van der Waals surface area contributed by atoms with Crippen molar-refractivity contribution in [2.24, 2.45) is 5.73 Å². The molecule has 1 aliphatic heterocycles. The summed E-state index contributed by atoms with van der Waals surface area (Å²) >= 11 is 0. The molecule has 1 heterocycles. The van der Waals surface area contributed by atoms with Gasteiger partial charge in [0.2, 0.25) is 5.91 Å². The van der Waals surface area contributed by atoms with Crippen LogP contribution in [0.2, 0.25) is 0 Å². The SMILES string of the molecule is CC1CCCC(C)N1CCC(C(N)=O)(c1ccccc1)c1ccccc1.Cl. The highest BCUT2D eigenvalue weighted by atomic mass is 35.5. The zero-order valence-corrected chi connectivity index (χ0v) is 17.1. The Hall–Kier alpha value is -1.84. The van der Waals surface area contributed by atoms with E-state index in [2.05, 4.69) is 18.7 Å². The van der Waals surface area contributed by atoms with Crippen molar-refractivity contribution in [2.75, 3.05) is 6.54 Å². The van der Waals surface area contributed by atoms with E-state index < -0.39 is 5.41 Å². The molecule has 27 heavy (non-hydrogen) atoms. The first kappa shape index (κ1) is 21.5. The average Bonchev–Trinajstić information content (AvgIpc) is 2.66. The molecular weight excluding hydrogens is 356 g/mol. The molecule has 3 rings (SSSR count). The van der Waals surface area contributed by atoms with E-state index in [1.165, 1.54) is 19.3 Å². The van der Waals surface area contributed by atoms with Crippen molar-refractivity contribution in [3.05, 3.63) is 71.8 Å². The first-order valence-electron chi connectivity index (χ1n) is 9.72. The maximum absolute atomic E-state index is 12.9. The quantitative estimate of drug-likeness (QED) is 0.792. The van der Waals surface area contributed by atoms with Gasteiger partial charge in [0.25, 0.3) is 0 Å². The summed E-state index contributed by atoms with van der Waals surface area (Å²) in [5.41, 5.74) is 7.24. The zero-order chi connectivity index (χ0) is 18.6. The van der Waals surface area contributed by atoms with Gasteiger partial charge in [0.05, 0.1) is 5.41 Å². The van der Waals surface area contributed by atoms with Crippen LogP contribution in [0.3, 0.4) is 0 Å². The lowest BCUT2D eigenvalue weighted by atomic mass is 9.71. The van der Waals surface area contributed by atoms with E-state index in [9.17, 15) is 4.79 Å². The zero-order valence-electron chi connectivity index (χ0n) is 16.3. The lowest BCUT2D eigenvalue weighted by molar-refractivity contribution is -0.122. The fraction of sp³-hybridized carbons (Fsp3) is 0.435. The molecule has 1 saturated heterocycles. The Bertz CT molecular complexity index is 670. The van der Waals surface area contributed by atoms with Gasteiger partial charge in [0, 0.05) is 18.6 Å². The number of likely N-dealkylation sites (tertiary alicyclic amines) is 1. The minimum atomic E-state index is -0.792. The number of nitrogens with zero attached hydrogens (tertiary/aromatic N) is 1. The van der Waals surface area contributed by atoms with Crippen LogP contribution in [-0.2, 0) is 10.2 Å². The molecule has 0 spiro atoms. The van der Waals surface area contributed by atoms with Crippen LogP contribution < -0.4 is 5.73 Å². The van der Waals surface area contributed by atoms with Crippen molar-refractivity contribution < 1.29 is 4.79 Å². The van der Waals surface area contributed by atoms with Gasteiger partial charge >= 0.3 is 0 Å². The highest BCUT2D eigenvalue weighted by Crippen LogP contribution is 2.37. The molecule has 2 unspecified atom stereocenters. The molecule has 2 atom stereocenters. The van der Waals surface area contributed by atoms with Crippen LogP contribution in [0.25, 0.3) is 0 Å². The smallest absolute Gasteiger partial charge is 0.232 e. The largest absolute Gasteiger partial charge is 0.369 e. The van der Waals surface area contributed by atoms with Gasteiger partial charge < -0.3 is 5.73 Å². The fourth-order valence-electron chi connectivity index (χ4n) is 4.52. The first-order chi connectivity index (χ1) is 12.6. The Kier molecular flexibility index (Phi) is 7.46. The summed E-state index contributed by atoms with van der Waals surface area (Å²) in [6, 6.07) is 21.1. The minimum absolute atomic E-state index is 0. The average molecular weight is 387 g/mol. The van der Waals surface area contributed by atoms with Crippen molar-refractivity contribution in [3.8, 4) is 0 Å². The van der Waals surface area contributed by atoms with Gasteiger partial charge in [-0.3, -0.25) is 9.69 Å². The Morgan fingerprint density at radius 3 is 1.81 bits per heavy atom. The second-order valence-corrected chi connectivity index (χ2v) is 7.62. The number of carbonyl (C=O) groups excluding carboxylic acids is 1. The van der Waals surface area contributed by atoms with Crippen LogP contribution in [0.15, 0.2) is 60.7 Å². The number of primary amides is 1. The maximum Gasteiger partial charge on any atom is 0.232 e. The number of carbonyl (C=O) groups is 1. The summed E-state index contributed by atoms with van der Waals surface area (Å²) < 4.78 is 0. The van der Waals surface area contributed by atoms with Gasteiger partial charge in [-0.05, 0) is 44.2 Å². The van der Waals surface area contributed by atoms with Crippen molar-refractivity contribution in [3.63, 3.8) is 0 Å². The number of hydrogen-bond acceptors (Lipinski definition) is 2. The molecule has 1 aliphatic rings. The number of hydrogen-bond donors (Lipinski definition) is 1. The first-order valence-corrected chi connectivity index (χ1v) is 9.72. The lowest BCUT2D eigenvalue weighted by Gasteiger charge is -2.41. The van der Waals surface area contributed by atoms with Gasteiger partial charge in [-0.1, -0.05) is 67.1 Å². The second-order valence-electron chi connectivity index (χ2n) is 7.62. The molecular formula is C23H31ClN2O. The summed E-state index contributed by atoms with van der Waals surface area (Å²) in [5, 5.41) is 0. The van der Waals surface area contributed by atoms with Gasteiger partial charge in [0.15, 0.2) is 0 Å². The predicted molar refractivity (Wildman–Crippen MR) is 114 cm³/mol. The molecule has 2 aromatic carbocycles. The second kappa shape index (κ2) is 9.38. The Morgan fingerprint density at radius 1 is 0.963 bits per heavy atom. The number of benzene rings is 2. The van der Waals surface area contributed by atoms with E-state index >= 15 is 0 Å². The molecule has 2 N–H and O–H groups in total. The molecule has 146 valence electrons. The summed E-state index contributed by atoms with van der Waals surface area (Å²) in [6.07, 6.45) is 4.44. The van der Waals surface area contributed by atoms with Crippen LogP contribution in [0.1, 0.15) is 50.7 Å². The molecule has 0 radical (unpaired) electrons. The van der Waals surface area contributed by atoms with Crippen molar-refractivity contribution >= 4 is 18.3 Å². The Labute approximate surface area is 169 Å². The van der Waals surface area contributed by atoms with E-state index in [1.54, 1.807) is 0 Å². The Balaban J connectivity index is 0.00000261. The van der Waals surface area contributed by atoms with Crippen molar-refractivity contribution in [1.29, 1.82) is 0 Å². The Morgan fingerprint density at radius 2 is 1.41 bits per heavy atom. The molecule has 1 fully saturated rings. The van der Waals surface area contributed by atoms with Gasteiger partial charge in [-0.2, -0.15) is 0 Å². The highest BCUT2D eigenvalue weighted by molar-refractivity contribution is 5.90. The number of amides is 1. The summed E-state index contributed by atoms with van der Waals surface area (Å²) in [6.45, 7) is 5.47. The van der Waals surface area contributed by atoms with Crippen LogP contribution in [-0.4, -0.2) is 29.4 Å². The third kappa shape index (κ3) is 4.36. The molecule has 2 aromatic rings. The van der Waals surface area contributed by atoms with E-state index in [0.717, 1.165) is 17.7 Å². The van der Waals surface area contributed by atoms with Crippen LogP contribution in [0, 0.1) is 0 Å². The highest BCUT2D eigenvalue weighted by Gasteiger charge is 2.41. The lowest BCUT2D eigenvalue weighted by Crippen LogP contribution is -2.49. The predicted octanol–water partition coefficient (Wildman–Crippen LogP) is 4.53. The van der Waals surface area contributed by atoms with Crippen molar-refractivity contribution in [2.45, 2.75) is 57.0 Å². The topological polar surface area (TPSA) is 46.3 Å². The molecule has 4 heteroatoms. The van der Waals surface area contributed by atoms with E-state index in [4.69, 9.17) is 5.73 Å². The summed E-state index contributed by atoms with van der Waals surface area (Å²) in [7, 11) is 0. The standard InChI is InChI=1S/C23H30N2O.ClH/c1-18-10-9-11-19(2)25(18)17-16-23(22(24)26,20-12-5-3-6-13-20)21-14-7-4-8-15-21;/h3-8,12-15,18-19H,9-11,16-17H2,1-2H3,(H2,24,26);1H. The molecule has 0 aliphatic carbocycles. The van der Waals surface area contributed by atoms with E-state index in [1.807, 2.05) is 60.7 Å². The molecule has 1 amide bonds. The molecule has 0 saturated carbocycles. The van der Waals surface area contributed by atoms with Gasteiger partial charge in [0.1, 0.15) is 0 Å². The van der Waals surface area contributed by atoms with Crippen LogP contribution in [0.5, 0.6) is 0 Å². The number of nitrogens with two attached hydrogens (primary N) is 1. The van der Waals surface area contributed by atoms with E-state index in [0.29, 0.717) is 18.5 Å². The van der Waals surface area contributed by atoms with Gasteiger partial charge in [-0.25, -0.2) is 0 Å². The van der Waals surface area contributed by atoms with Crippen LogP contribution in [0.4, 0.5) is 0 Å². The molecule has 0 bridgehead atoms. The molecule has 0 aromatic heterocycles. The molecule has 3 nitrogen and oxygen atoms in total. The maximum atomic E-state index is 12.9. The summed E-state index contributed by atoms with van der Waals surface area (Å²) in [4.78, 5) is 15.4. The fourth-order valence-corrected chi connectivity index (χ4v) is 4.52. The third-order valence-corrected chi connectivity index (χ3v) is 6.07. The van der Waals surface area contributed by atoms with Gasteiger partial charge in [-0.15, -0.1) is 12.4 Å². The normalized spacial score (nSPS) is 20.7. The van der Waals surface area contributed by atoms with E-state index in [-0.39, 0.29) is 18.3 Å². The third-order valence-electron chi connectivity index (χ3n) is 6.07. The number of rotatable bonds is 6. The number of halogens is 1. The van der Waals surface area contributed by atoms with Crippen molar-refractivity contribution in [1.82, 2.24) is 4.90 Å².